The Balaban J connectivity index is 1.98. The number of para-hydroxylation sites is 1. The summed E-state index contributed by atoms with van der Waals surface area (Å²) in [6.07, 6.45) is 5.37. The van der Waals surface area contributed by atoms with Crippen LogP contribution >= 0.6 is 0 Å². The molecule has 3 aromatic rings. The molecular formula is C21H20N2O3. The van der Waals surface area contributed by atoms with Gasteiger partial charge in [-0.1, -0.05) is 25.1 Å². The van der Waals surface area contributed by atoms with Crippen LogP contribution in [0.5, 0.6) is 0 Å². The molecule has 0 unspecified atom stereocenters. The fraction of sp³-hybridized carbons (Fsp3) is 0.238. The summed E-state index contributed by atoms with van der Waals surface area (Å²) in [7, 11) is 1.44. The van der Waals surface area contributed by atoms with Gasteiger partial charge in [-0.3, -0.25) is 9.63 Å². The summed E-state index contributed by atoms with van der Waals surface area (Å²) >= 11 is 0. The van der Waals surface area contributed by atoms with Gasteiger partial charge in [-0.05, 0) is 54.2 Å². The average molecular weight is 348 g/mol. The number of hydroxylamine groups is 1. The summed E-state index contributed by atoms with van der Waals surface area (Å²) in [6.45, 7) is 2.19. The van der Waals surface area contributed by atoms with Crippen LogP contribution in [0.2, 0.25) is 0 Å². The Hall–Kier alpha value is -2.92. The molecule has 5 nitrogen and oxygen atoms in total. The lowest BCUT2D eigenvalue weighted by atomic mass is 9.80. The normalized spacial score (nSPS) is 18.1. The molecule has 0 aliphatic heterocycles. The monoisotopic (exact) mass is 348 g/mol. The summed E-state index contributed by atoms with van der Waals surface area (Å²) in [5, 5.41) is 0.840. The molecule has 1 aliphatic carbocycles. The van der Waals surface area contributed by atoms with Crippen LogP contribution in [0.3, 0.4) is 0 Å². The second-order valence-corrected chi connectivity index (χ2v) is 6.66. The average Bonchev–Trinajstić information content (AvgIpc) is 3.13. The minimum absolute atomic E-state index is 0.242. The number of carbonyl (C=O) groups excluding carboxylic acids is 1. The zero-order valence-electron chi connectivity index (χ0n) is 14.8. The molecule has 2 aromatic heterocycles. The Morgan fingerprint density at radius 1 is 1.27 bits per heavy atom. The summed E-state index contributed by atoms with van der Waals surface area (Å²) < 4.78 is 5.49. The molecule has 0 saturated heterocycles. The van der Waals surface area contributed by atoms with Gasteiger partial charge < -0.3 is 4.42 Å². The van der Waals surface area contributed by atoms with Crippen molar-refractivity contribution in [1.29, 1.82) is 0 Å². The maximum atomic E-state index is 12.8. The van der Waals surface area contributed by atoms with Crippen molar-refractivity contribution in [2.24, 2.45) is 5.92 Å². The predicted molar refractivity (Wildman–Crippen MR) is 100 cm³/mol. The number of benzene rings is 1. The van der Waals surface area contributed by atoms with Crippen LogP contribution in [-0.4, -0.2) is 18.0 Å². The van der Waals surface area contributed by atoms with Gasteiger partial charge in [0.05, 0.1) is 30.1 Å². The molecule has 1 amide bonds. The van der Waals surface area contributed by atoms with Crippen LogP contribution in [-0.2, 0) is 11.3 Å². The second kappa shape index (κ2) is 6.77. The number of carbonyl (C=O) groups is 1. The van der Waals surface area contributed by atoms with Gasteiger partial charge in [0.2, 0.25) is 0 Å². The molecule has 26 heavy (non-hydrogen) atoms. The minimum Gasteiger partial charge on any atom is -0.465 e. The highest BCUT2D eigenvalue weighted by Crippen LogP contribution is 2.38. The summed E-state index contributed by atoms with van der Waals surface area (Å²) in [5.41, 5.74) is 6.85. The van der Waals surface area contributed by atoms with Crippen molar-refractivity contribution in [2.45, 2.75) is 19.8 Å². The third-order valence-corrected chi connectivity index (χ3v) is 4.70. The molecule has 0 bridgehead atoms. The molecule has 5 heteroatoms. The Morgan fingerprint density at radius 3 is 2.88 bits per heavy atom. The van der Waals surface area contributed by atoms with E-state index in [1.54, 1.807) is 6.26 Å². The zero-order valence-corrected chi connectivity index (χ0v) is 14.8. The van der Waals surface area contributed by atoms with Crippen LogP contribution in [0.25, 0.3) is 22.6 Å². The largest absolute Gasteiger partial charge is 0.465 e. The van der Waals surface area contributed by atoms with Crippen molar-refractivity contribution in [3.63, 3.8) is 0 Å². The van der Waals surface area contributed by atoms with Crippen LogP contribution in [0.4, 0.5) is 0 Å². The topological polar surface area (TPSA) is 64.4 Å². The summed E-state index contributed by atoms with van der Waals surface area (Å²) in [6, 6.07) is 11.5. The van der Waals surface area contributed by atoms with E-state index in [1.807, 2.05) is 42.5 Å². The van der Waals surface area contributed by atoms with Crippen molar-refractivity contribution in [2.75, 3.05) is 7.11 Å². The summed E-state index contributed by atoms with van der Waals surface area (Å²) in [5.74, 6) is 0.951. The molecule has 1 aromatic carbocycles. The molecule has 132 valence electrons. The lowest BCUT2D eigenvalue weighted by Crippen LogP contribution is -2.26. The second-order valence-electron chi connectivity index (χ2n) is 6.66. The Labute approximate surface area is 151 Å². The predicted octanol–water partition coefficient (Wildman–Crippen LogP) is 4.24. The molecule has 2 heterocycles. The smallest absolute Gasteiger partial charge is 0.275 e. The Kier molecular flexibility index (Phi) is 4.31. The van der Waals surface area contributed by atoms with Crippen molar-refractivity contribution in [1.82, 2.24) is 10.5 Å². The lowest BCUT2D eigenvalue weighted by molar-refractivity contribution is 0.0538. The first-order valence-electron chi connectivity index (χ1n) is 8.66. The van der Waals surface area contributed by atoms with Crippen molar-refractivity contribution >= 4 is 28.5 Å². The van der Waals surface area contributed by atoms with E-state index in [2.05, 4.69) is 12.4 Å². The van der Waals surface area contributed by atoms with E-state index in [0.717, 1.165) is 46.3 Å². The fourth-order valence-corrected chi connectivity index (χ4v) is 3.68. The molecular weight excluding hydrogens is 328 g/mol. The number of furan rings is 1. The Bertz CT molecular complexity index is 990. The van der Waals surface area contributed by atoms with Crippen LogP contribution < -0.4 is 5.48 Å². The molecule has 0 fully saturated rings. The number of allylic oxidation sites excluding steroid dienone is 1. The molecule has 1 atom stereocenters. The number of nitrogens with one attached hydrogen (secondary N) is 1. The molecule has 0 spiro atoms. The number of rotatable bonds is 3. The van der Waals surface area contributed by atoms with E-state index < -0.39 is 0 Å². The number of pyridine rings is 1. The van der Waals surface area contributed by atoms with Crippen molar-refractivity contribution < 1.29 is 14.0 Å². The maximum Gasteiger partial charge on any atom is 0.275 e. The highest BCUT2D eigenvalue weighted by atomic mass is 16.6. The molecule has 4 rings (SSSR count). The first-order valence-corrected chi connectivity index (χ1v) is 8.66. The third kappa shape index (κ3) is 2.91. The lowest BCUT2D eigenvalue weighted by Gasteiger charge is -2.26. The van der Waals surface area contributed by atoms with Gasteiger partial charge in [-0.2, -0.15) is 0 Å². The van der Waals surface area contributed by atoms with Crippen molar-refractivity contribution in [3.8, 4) is 0 Å². The number of hydrogen-bond donors (Lipinski definition) is 1. The van der Waals surface area contributed by atoms with E-state index in [4.69, 9.17) is 14.2 Å². The van der Waals surface area contributed by atoms with Gasteiger partial charge in [0.15, 0.2) is 0 Å². The number of nitrogens with zero attached hydrogens (tertiary/aromatic N) is 1. The van der Waals surface area contributed by atoms with Crippen LogP contribution in [0.1, 0.15) is 40.7 Å². The maximum absolute atomic E-state index is 12.8. The Morgan fingerprint density at radius 2 is 2.12 bits per heavy atom. The number of fused-ring (bicyclic) bond motifs is 2. The first-order chi connectivity index (χ1) is 12.7. The highest BCUT2D eigenvalue weighted by molar-refractivity contribution is 6.08. The zero-order chi connectivity index (χ0) is 18.1. The molecule has 1 N–H and O–H groups in total. The molecule has 0 saturated carbocycles. The van der Waals surface area contributed by atoms with Gasteiger partial charge in [-0.25, -0.2) is 10.5 Å². The van der Waals surface area contributed by atoms with Crippen LogP contribution in [0.15, 0.2) is 47.1 Å². The number of hydrogen-bond acceptors (Lipinski definition) is 4. The van der Waals surface area contributed by atoms with Gasteiger partial charge in [0, 0.05) is 5.39 Å². The summed E-state index contributed by atoms with van der Waals surface area (Å²) in [4.78, 5) is 22.5. The van der Waals surface area contributed by atoms with Gasteiger partial charge >= 0.3 is 0 Å². The molecule has 0 radical (unpaired) electrons. The van der Waals surface area contributed by atoms with E-state index in [-0.39, 0.29) is 5.91 Å². The standard InChI is InChI=1S/C21H20N2O3/c1-13-10-14(12-15-6-5-9-26-15)20-17(11-13)19(21(24)23-25-2)16-7-3-4-8-18(16)22-20/h3-9,12-13H,10-11H2,1-2H3,(H,23,24)/b14-12-/t13-/m1/s1. The van der Waals surface area contributed by atoms with Gasteiger partial charge in [0.1, 0.15) is 5.76 Å². The SMILES string of the molecule is CONC(=O)c1c2c(nc3ccccc13)/C(=C\c1ccco1)C[C@@H](C)C2. The van der Waals surface area contributed by atoms with E-state index in [9.17, 15) is 4.79 Å². The fourth-order valence-electron chi connectivity index (χ4n) is 3.68. The van der Waals surface area contributed by atoms with Gasteiger partial charge in [-0.15, -0.1) is 0 Å². The molecule has 1 aliphatic rings. The first kappa shape index (κ1) is 16.5. The van der Waals surface area contributed by atoms with Crippen LogP contribution in [0, 0.1) is 5.92 Å². The van der Waals surface area contributed by atoms with Crippen molar-refractivity contribution in [3.05, 3.63) is 65.2 Å². The van der Waals surface area contributed by atoms with E-state index in [0.29, 0.717) is 11.5 Å². The van der Waals surface area contributed by atoms with Gasteiger partial charge in [0.25, 0.3) is 5.91 Å². The highest BCUT2D eigenvalue weighted by Gasteiger charge is 2.28. The minimum atomic E-state index is -0.242. The van der Waals surface area contributed by atoms with E-state index >= 15 is 0 Å². The quantitative estimate of drug-likeness (QED) is 0.719. The number of aromatic nitrogens is 1. The van der Waals surface area contributed by atoms with E-state index in [1.165, 1.54) is 7.11 Å². The third-order valence-electron chi connectivity index (χ3n) is 4.70. The number of amides is 1.